The first-order valence-electron chi connectivity index (χ1n) is 10.0. The van der Waals surface area contributed by atoms with Crippen molar-refractivity contribution in [3.63, 3.8) is 0 Å². The zero-order valence-corrected chi connectivity index (χ0v) is 16.3. The van der Waals surface area contributed by atoms with Gasteiger partial charge in [0.25, 0.3) is 0 Å². The maximum absolute atomic E-state index is 12.1. The van der Waals surface area contributed by atoms with Gasteiger partial charge in [-0.3, -0.25) is 0 Å². The van der Waals surface area contributed by atoms with Crippen molar-refractivity contribution in [1.82, 2.24) is 0 Å². The molecule has 1 N–H and O–H groups in total. The molecule has 30 heavy (non-hydrogen) atoms. The summed E-state index contributed by atoms with van der Waals surface area (Å²) in [6.45, 7) is 0. The Balaban J connectivity index is 1.36. The highest BCUT2D eigenvalue weighted by molar-refractivity contribution is 6.23. The van der Waals surface area contributed by atoms with Crippen LogP contribution in [0.2, 0.25) is 0 Å². The Bertz CT molecular complexity index is 1290. The van der Waals surface area contributed by atoms with Crippen LogP contribution in [-0.2, 0) is 25.6 Å². The van der Waals surface area contributed by atoms with Gasteiger partial charge in [-0.25, -0.2) is 19.2 Å². The van der Waals surface area contributed by atoms with E-state index < -0.39 is 22.6 Å². The number of benzene rings is 4. The van der Waals surface area contributed by atoms with E-state index >= 15 is 0 Å². The van der Waals surface area contributed by atoms with E-state index in [9.17, 15) is 19.6 Å². The lowest BCUT2D eigenvalue weighted by atomic mass is 9.90. The maximum atomic E-state index is 12.1. The fourth-order valence-electron chi connectivity index (χ4n) is 4.39. The first-order chi connectivity index (χ1) is 14.5. The summed E-state index contributed by atoms with van der Waals surface area (Å²) in [5.74, 6) is -2.38. The Morgan fingerprint density at radius 1 is 0.867 bits per heavy atom. The summed E-state index contributed by atoms with van der Waals surface area (Å²) in [5.41, 5.74) is 1.12. The molecule has 0 saturated carbocycles. The van der Waals surface area contributed by atoms with Crippen LogP contribution >= 0.6 is 0 Å². The first kappa shape index (κ1) is 18.7. The average molecular weight is 402 g/mol. The fourth-order valence-corrected chi connectivity index (χ4v) is 4.39. The molecular formula is C24H20NO5+. The lowest BCUT2D eigenvalue weighted by molar-refractivity contribution is -1.12. The molecule has 1 aliphatic heterocycles. The molecule has 1 aliphatic rings. The molecule has 6 heteroatoms. The molecular weight excluding hydrogens is 382 g/mol. The molecule has 0 aliphatic carbocycles. The van der Waals surface area contributed by atoms with Gasteiger partial charge in [0.1, 0.15) is 4.81 Å². The third-order valence-electron chi connectivity index (χ3n) is 5.91. The SMILES string of the molecule is O=C(CCCc1ccc2ccc3cccc4ccc1c2c34)O[N+]1(O)C(=O)CCC1=O. The number of rotatable bonds is 5. The van der Waals surface area contributed by atoms with Gasteiger partial charge < -0.3 is 0 Å². The standard InChI is InChI=1S/C24H20NO5/c26-20-13-14-21(27)25(20,29)30-22(28)6-2-3-15-7-8-18-10-9-16-4-1-5-17-11-12-19(15)24(18)23(16)17/h1,4-5,7-12,29H,2-3,6,13-14H2/q+1. The molecule has 1 saturated heterocycles. The molecule has 2 amide bonds. The largest absolute Gasteiger partial charge is 0.397 e. The second-order valence-corrected chi connectivity index (χ2v) is 7.76. The predicted octanol–water partition coefficient (Wildman–Crippen LogP) is 4.42. The summed E-state index contributed by atoms with van der Waals surface area (Å²) in [5, 5.41) is 17.2. The highest BCUT2D eigenvalue weighted by atomic mass is 17.0. The lowest BCUT2D eigenvalue weighted by Gasteiger charge is -2.16. The smallest absolute Gasteiger partial charge is 0.245 e. The quantitative estimate of drug-likeness (QED) is 0.231. The number of amides is 2. The summed E-state index contributed by atoms with van der Waals surface area (Å²) in [6.07, 6.45) is 0.877. The van der Waals surface area contributed by atoms with Crippen LogP contribution in [0.1, 0.15) is 31.2 Å². The highest BCUT2D eigenvalue weighted by Crippen LogP contribution is 2.36. The normalized spacial score (nSPS) is 16.2. The number of nitrogens with zero attached hydrogens (tertiary/aromatic N) is 1. The van der Waals surface area contributed by atoms with E-state index in [1.54, 1.807) is 0 Å². The van der Waals surface area contributed by atoms with E-state index in [1.807, 2.05) is 0 Å². The van der Waals surface area contributed by atoms with E-state index in [4.69, 9.17) is 4.84 Å². The van der Waals surface area contributed by atoms with Crippen molar-refractivity contribution < 1.29 is 29.2 Å². The van der Waals surface area contributed by atoms with Crippen molar-refractivity contribution in [1.29, 1.82) is 0 Å². The van der Waals surface area contributed by atoms with E-state index in [0.29, 0.717) is 12.8 Å². The zero-order chi connectivity index (χ0) is 20.9. The monoisotopic (exact) mass is 402 g/mol. The van der Waals surface area contributed by atoms with E-state index in [1.165, 1.54) is 26.9 Å². The highest BCUT2D eigenvalue weighted by Gasteiger charge is 2.55. The molecule has 6 nitrogen and oxygen atoms in total. The molecule has 0 radical (unpaired) electrons. The molecule has 0 aromatic heterocycles. The predicted molar refractivity (Wildman–Crippen MR) is 110 cm³/mol. The van der Waals surface area contributed by atoms with Crippen LogP contribution in [0.3, 0.4) is 0 Å². The molecule has 5 rings (SSSR count). The lowest BCUT2D eigenvalue weighted by Crippen LogP contribution is -2.50. The second-order valence-electron chi connectivity index (χ2n) is 7.76. The van der Waals surface area contributed by atoms with Gasteiger partial charge in [0, 0.05) is 0 Å². The van der Waals surface area contributed by atoms with Crippen molar-refractivity contribution in [3.8, 4) is 0 Å². The van der Waals surface area contributed by atoms with Crippen LogP contribution in [0.25, 0.3) is 32.3 Å². The Kier molecular flexibility index (Phi) is 4.27. The Labute approximate surface area is 172 Å². The van der Waals surface area contributed by atoms with Gasteiger partial charge >= 0.3 is 17.8 Å². The number of quaternary nitrogens is 1. The third-order valence-corrected chi connectivity index (χ3v) is 5.91. The van der Waals surface area contributed by atoms with Crippen LogP contribution in [0.5, 0.6) is 0 Å². The molecule has 1 fully saturated rings. The van der Waals surface area contributed by atoms with E-state index in [-0.39, 0.29) is 19.3 Å². The van der Waals surface area contributed by atoms with Gasteiger partial charge in [-0.15, -0.1) is 0 Å². The van der Waals surface area contributed by atoms with Crippen molar-refractivity contribution in [2.75, 3.05) is 0 Å². The summed E-state index contributed by atoms with van der Waals surface area (Å²) < 4.78 is 0. The minimum absolute atomic E-state index is 0.00307. The van der Waals surface area contributed by atoms with Crippen LogP contribution in [0.4, 0.5) is 0 Å². The number of hydroxylamine groups is 4. The number of hydrogen-bond acceptors (Lipinski definition) is 5. The van der Waals surface area contributed by atoms with Crippen LogP contribution in [-0.4, -0.2) is 27.8 Å². The number of hydrogen-bond donors (Lipinski definition) is 1. The van der Waals surface area contributed by atoms with Gasteiger partial charge in [0.15, 0.2) is 0 Å². The molecule has 0 spiro atoms. The zero-order valence-electron chi connectivity index (χ0n) is 16.3. The molecule has 4 aromatic carbocycles. The Hall–Kier alpha value is -3.35. The average Bonchev–Trinajstić information content (AvgIpc) is 2.99. The second kappa shape index (κ2) is 6.86. The van der Waals surface area contributed by atoms with Gasteiger partial charge in [-0.2, -0.15) is 5.21 Å². The van der Waals surface area contributed by atoms with Gasteiger partial charge in [-0.05, 0) is 50.7 Å². The Morgan fingerprint density at radius 3 is 2.17 bits per heavy atom. The minimum atomic E-state index is -1.85. The molecule has 150 valence electrons. The number of carbonyl (C=O) groups excluding carboxylic acids is 3. The fraction of sp³-hybridized carbons (Fsp3) is 0.208. The van der Waals surface area contributed by atoms with Crippen LogP contribution < -0.4 is 0 Å². The first-order valence-corrected chi connectivity index (χ1v) is 10.0. The molecule has 0 atom stereocenters. The third kappa shape index (κ3) is 2.84. The number of imide groups is 1. The van der Waals surface area contributed by atoms with Crippen LogP contribution in [0, 0.1) is 0 Å². The summed E-state index contributed by atoms with van der Waals surface area (Å²) >= 11 is 0. The van der Waals surface area contributed by atoms with Crippen molar-refractivity contribution in [2.45, 2.75) is 32.1 Å². The van der Waals surface area contributed by atoms with Crippen molar-refractivity contribution in [2.24, 2.45) is 0 Å². The topological polar surface area (TPSA) is 80.7 Å². The summed E-state index contributed by atoms with van der Waals surface area (Å²) in [6, 6.07) is 18.9. The molecule has 0 unspecified atom stereocenters. The van der Waals surface area contributed by atoms with E-state index in [2.05, 4.69) is 54.6 Å². The van der Waals surface area contributed by atoms with Crippen molar-refractivity contribution in [3.05, 3.63) is 60.2 Å². The number of carbonyl (C=O) groups is 3. The van der Waals surface area contributed by atoms with Crippen LogP contribution in [0.15, 0.2) is 54.6 Å². The van der Waals surface area contributed by atoms with E-state index in [0.717, 1.165) is 10.9 Å². The molecule has 4 aromatic rings. The minimum Gasteiger partial charge on any atom is -0.245 e. The molecule has 1 heterocycles. The maximum Gasteiger partial charge on any atom is 0.397 e. The van der Waals surface area contributed by atoms with Gasteiger partial charge in [-0.1, -0.05) is 54.6 Å². The summed E-state index contributed by atoms with van der Waals surface area (Å²) in [7, 11) is 0. The summed E-state index contributed by atoms with van der Waals surface area (Å²) in [4.78, 5) is 38.4. The number of aryl methyl sites for hydroxylation is 1. The van der Waals surface area contributed by atoms with Crippen molar-refractivity contribution >= 4 is 50.1 Å². The Morgan fingerprint density at radius 2 is 1.47 bits per heavy atom. The van der Waals surface area contributed by atoms with Gasteiger partial charge in [0.05, 0.1) is 19.3 Å². The molecule has 0 bridgehead atoms. The van der Waals surface area contributed by atoms with Gasteiger partial charge in [0.2, 0.25) is 0 Å².